The van der Waals surface area contributed by atoms with E-state index in [-0.39, 0.29) is 5.97 Å². The lowest BCUT2D eigenvalue weighted by Gasteiger charge is -1.95. The molecule has 4 heteroatoms. The van der Waals surface area contributed by atoms with Crippen LogP contribution in [0.4, 0.5) is 0 Å². The number of ether oxygens (including phenoxy) is 1. The van der Waals surface area contributed by atoms with Crippen LogP contribution in [0.1, 0.15) is 17.3 Å². The third kappa shape index (κ3) is 4.41. The van der Waals surface area contributed by atoms with E-state index in [1.165, 1.54) is 12.5 Å². The van der Waals surface area contributed by atoms with Crippen molar-refractivity contribution in [2.45, 2.75) is 6.92 Å². The molecule has 84 valence electrons. The first kappa shape index (κ1) is 12.0. The van der Waals surface area contributed by atoms with Crippen molar-refractivity contribution < 1.29 is 13.9 Å². The minimum atomic E-state index is -0.337. The fourth-order valence-electron chi connectivity index (χ4n) is 0.908. The van der Waals surface area contributed by atoms with Crippen LogP contribution in [0.25, 0.3) is 0 Å². The van der Waals surface area contributed by atoms with E-state index in [4.69, 9.17) is 0 Å². The molecular weight excluding hydrogens is 206 g/mol. The Morgan fingerprint density at radius 2 is 2.12 bits per heavy atom. The lowest BCUT2D eigenvalue weighted by atomic mass is 10.3. The maximum absolute atomic E-state index is 10.8. The van der Waals surface area contributed by atoms with Crippen molar-refractivity contribution >= 4 is 5.97 Å². The molecule has 0 saturated carbocycles. The third-order valence-electron chi connectivity index (χ3n) is 1.60. The van der Waals surface area contributed by atoms with E-state index in [2.05, 4.69) is 14.1 Å². The molecule has 0 unspecified atom stereocenters. The molecule has 2 aromatic heterocycles. The third-order valence-corrected chi connectivity index (χ3v) is 1.60. The van der Waals surface area contributed by atoms with E-state index in [1.807, 2.05) is 18.2 Å². The van der Waals surface area contributed by atoms with Crippen molar-refractivity contribution in [3.8, 4) is 0 Å². The van der Waals surface area contributed by atoms with Gasteiger partial charge in [0.05, 0.1) is 18.4 Å². The Kier molecular flexibility index (Phi) is 5.41. The van der Waals surface area contributed by atoms with Gasteiger partial charge in [-0.05, 0) is 25.1 Å². The molecule has 0 radical (unpaired) electrons. The van der Waals surface area contributed by atoms with Gasteiger partial charge in [0, 0.05) is 12.4 Å². The van der Waals surface area contributed by atoms with E-state index in [1.54, 1.807) is 25.4 Å². The van der Waals surface area contributed by atoms with Crippen LogP contribution in [-0.2, 0) is 4.74 Å². The molecule has 0 saturated heterocycles. The number of rotatable bonds is 2. The normalized spacial score (nSPS) is 8.81. The zero-order chi connectivity index (χ0) is 11.6. The molecule has 0 aliphatic heterocycles. The van der Waals surface area contributed by atoms with Gasteiger partial charge in [0.1, 0.15) is 6.26 Å². The van der Waals surface area contributed by atoms with Crippen molar-refractivity contribution in [1.29, 1.82) is 0 Å². The van der Waals surface area contributed by atoms with Crippen LogP contribution in [0, 0.1) is 0 Å². The van der Waals surface area contributed by atoms with Gasteiger partial charge in [0.15, 0.2) is 0 Å². The number of nitrogens with zero attached hydrogens (tertiary/aromatic N) is 1. The van der Waals surface area contributed by atoms with E-state index in [9.17, 15) is 4.79 Å². The maximum atomic E-state index is 10.8. The van der Waals surface area contributed by atoms with Gasteiger partial charge in [-0.25, -0.2) is 4.79 Å². The molecule has 0 aliphatic rings. The Bertz CT molecular complexity index is 357. The zero-order valence-electron chi connectivity index (χ0n) is 9.00. The molecule has 0 atom stereocenters. The second-order valence-corrected chi connectivity index (χ2v) is 2.76. The monoisotopic (exact) mass is 219 g/mol. The number of hydrogen-bond acceptors (Lipinski definition) is 4. The minimum Gasteiger partial charge on any atom is -0.472 e. The summed E-state index contributed by atoms with van der Waals surface area (Å²) in [7, 11) is 0. The van der Waals surface area contributed by atoms with Gasteiger partial charge in [0.2, 0.25) is 0 Å². The molecule has 0 N–H and O–H groups in total. The maximum Gasteiger partial charge on any atom is 0.341 e. The smallest absolute Gasteiger partial charge is 0.341 e. The van der Waals surface area contributed by atoms with Crippen LogP contribution in [0.3, 0.4) is 0 Å². The summed E-state index contributed by atoms with van der Waals surface area (Å²) in [5.41, 5.74) is 0.460. The van der Waals surface area contributed by atoms with E-state index >= 15 is 0 Å². The lowest BCUT2D eigenvalue weighted by molar-refractivity contribution is 0.0525. The van der Waals surface area contributed by atoms with E-state index in [0.29, 0.717) is 12.2 Å². The number of hydrogen-bond donors (Lipinski definition) is 0. The van der Waals surface area contributed by atoms with Crippen LogP contribution in [0.5, 0.6) is 0 Å². The largest absolute Gasteiger partial charge is 0.472 e. The second kappa shape index (κ2) is 7.23. The molecule has 4 nitrogen and oxygen atoms in total. The molecule has 0 aromatic carbocycles. The fraction of sp³-hybridized carbons (Fsp3) is 0.167. The van der Waals surface area contributed by atoms with Crippen molar-refractivity contribution in [1.82, 2.24) is 4.98 Å². The summed E-state index contributed by atoms with van der Waals surface area (Å²) >= 11 is 0. The summed E-state index contributed by atoms with van der Waals surface area (Å²) in [6.07, 6.45) is 6.30. The highest BCUT2D eigenvalue weighted by Gasteiger charge is 2.05. The Labute approximate surface area is 93.9 Å². The van der Waals surface area contributed by atoms with Gasteiger partial charge < -0.3 is 9.15 Å². The van der Waals surface area contributed by atoms with Crippen molar-refractivity contribution in [2.75, 3.05) is 6.61 Å². The van der Waals surface area contributed by atoms with Crippen molar-refractivity contribution in [2.24, 2.45) is 0 Å². The average molecular weight is 219 g/mol. The summed E-state index contributed by atoms with van der Waals surface area (Å²) in [6, 6.07) is 7.28. The molecule has 0 fully saturated rings. The molecule has 2 heterocycles. The molecular formula is C12H13NO3. The quantitative estimate of drug-likeness (QED) is 0.728. The summed E-state index contributed by atoms with van der Waals surface area (Å²) in [5, 5.41) is 0. The molecule has 2 aromatic rings. The van der Waals surface area contributed by atoms with Gasteiger partial charge in [-0.3, -0.25) is 4.98 Å². The number of aromatic nitrogens is 1. The van der Waals surface area contributed by atoms with E-state index in [0.717, 1.165) is 0 Å². The zero-order valence-corrected chi connectivity index (χ0v) is 9.00. The minimum absolute atomic E-state index is 0.337. The predicted molar refractivity (Wildman–Crippen MR) is 58.9 cm³/mol. The van der Waals surface area contributed by atoms with Gasteiger partial charge in [-0.2, -0.15) is 0 Å². The number of carbonyl (C=O) groups is 1. The highest BCUT2D eigenvalue weighted by molar-refractivity contribution is 5.88. The Balaban J connectivity index is 0.000000181. The Morgan fingerprint density at radius 1 is 1.38 bits per heavy atom. The highest BCUT2D eigenvalue weighted by Crippen LogP contribution is 2.01. The lowest BCUT2D eigenvalue weighted by Crippen LogP contribution is -2.02. The molecule has 16 heavy (non-hydrogen) atoms. The number of esters is 1. The first-order valence-electron chi connectivity index (χ1n) is 4.89. The van der Waals surface area contributed by atoms with Crippen LogP contribution in [0.15, 0.2) is 53.6 Å². The number of furan rings is 1. The standard InChI is InChI=1S/C7H8O3.C5H5N/c1-2-10-7(8)6-3-4-9-5-6;1-2-4-6-5-3-1/h3-5H,2H2,1H3;1-5H. The topological polar surface area (TPSA) is 52.3 Å². The molecule has 0 bridgehead atoms. The average Bonchev–Trinajstić information content (AvgIpc) is 2.86. The molecule has 0 aliphatic carbocycles. The number of pyridine rings is 1. The van der Waals surface area contributed by atoms with Crippen molar-refractivity contribution in [3.05, 3.63) is 54.7 Å². The van der Waals surface area contributed by atoms with E-state index < -0.39 is 0 Å². The van der Waals surface area contributed by atoms with Crippen LogP contribution < -0.4 is 0 Å². The summed E-state index contributed by atoms with van der Waals surface area (Å²) in [4.78, 5) is 14.6. The molecule has 2 rings (SSSR count). The van der Waals surface area contributed by atoms with Crippen LogP contribution >= 0.6 is 0 Å². The van der Waals surface area contributed by atoms with Gasteiger partial charge in [0.25, 0.3) is 0 Å². The van der Waals surface area contributed by atoms with Gasteiger partial charge in [-0.1, -0.05) is 6.07 Å². The molecule has 0 spiro atoms. The van der Waals surface area contributed by atoms with Gasteiger partial charge in [-0.15, -0.1) is 0 Å². The van der Waals surface area contributed by atoms with Crippen molar-refractivity contribution in [3.63, 3.8) is 0 Å². The number of carbonyl (C=O) groups excluding carboxylic acids is 1. The highest BCUT2D eigenvalue weighted by atomic mass is 16.5. The fourth-order valence-corrected chi connectivity index (χ4v) is 0.908. The Morgan fingerprint density at radius 3 is 2.50 bits per heavy atom. The van der Waals surface area contributed by atoms with Crippen LogP contribution in [-0.4, -0.2) is 17.6 Å². The first-order valence-corrected chi connectivity index (χ1v) is 4.89. The second-order valence-electron chi connectivity index (χ2n) is 2.76. The van der Waals surface area contributed by atoms with Crippen LogP contribution in [0.2, 0.25) is 0 Å². The Hall–Kier alpha value is -2.10. The first-order chi connectivity index (χ1) is 7.84. The summed E-state index contributed by atoms with van der Waals surface area (Å²) in [6.45, 7) is 2.15. The summed E-state index contributed by atoms with van der Waals surface area (Å²) in [5.74, 6) is -0.337. The SMILES string of the molecule is CCOC(=O)c1ccoc1.c1ccncc1. The predicted octanol–water partition coefficient (Wildman–Crippen LogP) is 2.54. The van der Waals surface area contributed by atoms with Gasteiger partial charge >= 0.3 is 5.97 Å². The summed E-state index contributed by atoms with van der Waals surface area (Å²) < 4.78 is 9.37. The molecule has 0 amide bonds.